The van der Waals surface area contributed by atoms with Crippen molar-refractivity contribution in [3.05, 3.63) is 35.9 Å². The predicted molar refractivity (Wildman–Crippen MR) is 116 cm³/mol. The van der Waals surface area contributed by atoms with E-state index < -0.39 is 0 Å². The van der Waals surface area contributed by atoms with E-state index in [1.807, 2.05) is 0 Å². The summed E-state index contributed by atoms with van der Waals surface area (Å²) in [5.74, 6) is 5.09. The van der Waals surface area contributed by atoms with Crippen LogP contribution in [0.25, 0.3) is 0 Å². The molecule has 149 valence electrons. The van der Waals surface area contributed by atoms with Gasteiger partial charge in [-0.05, 0) is 60.5 Å². The molecule has 0 heterocycles. The van der Waals surface area contributed by atoms with E-state index in [0.29, 0.717) is 0 Å². The van der Waals surface area contributed by atoms with Gasteiger partial charge >= 0.3 is 0 Å². The van der Waals surface area contributed by atoms with Gasteiger partial charge < -0.3 is 0 Å². The highest BCUT2D eigenvalue weighted by Gasteiger charge is 2.32. The van der Waals surface area contributed by atoms with Crippen molar-refractivity contribution in [2.24, 2.45) is 29.6 Å². The lowest BCUT2D eigenvalue weighted by Crippen LogP contribution is -2.23. The average Bonchev–Trinajstić information content (AvgIpc) is 3.48. The third-order valence-corrected chi connectivity index (χ3v) is 8.44. The minimum absolute atomic E-state index is 0.934. The lowest BCUT2D eigenvalue weighted by atomic mass is 9.73. The van der Waals surface area contributed by atoms with Crippen LogP contribution in [0.3, 0.4) is 0 Å². The Balaban J connectivity index is 1.42. The van der Waals surface area contributed by atoms with Crippen LogP contribution in [0.2, 0.25) is 0 Å². The monoisotopic (exact) mass is 365 g/mol. The highest BCUT2D eigenvalue weighted by Crippen LogP contribution is 2.43. The van der Waals surface area contributed by atoms with Crippen molar-refractivity contribution in [3.8, 4) is 0 Å². The lowest BCUT2D eigenvalue weighted by Gasteiger charge is -2.32. The van der Waals surface area contributed by atoms with Gasteiger partial charge in [0.25, 0.3) is 0 Å². The number of benzene rings is 1. The zero-order valence-electron chi connectivity index (χ0n) is 17.5. The fraction of sp³-hybridized carbons (Fsp3) is 0.778. The molecule has 3 aliphatic carbocycles. The van der Waals surface area contributed by atoms with Crippen LogP contribution in [0.1, 0.15) is 102 Å². The van der Waals surface area contributed by atoms with Crippen LogP contribution in [0.4, 0.5) is 0 Å². The fourth-order valence-corrected chi connectivity index (χ4v) is 6.84. The summed E-state index contributed by atoms with van der Waals surface area (Å²) in [4.78, 5) is 0. The van der Waals surface area contributed by atoms with Gasteiger partial charge in [0, 0.05) is 0 Å². The summed E-state index contributed by atoms with van der Waals surface area (Å²) < 4.78 is 0. The fourth-order valence-electron chi connectivity index (χ4n) is 6.84. The van der Waals surface area contributed by atoms with Crippen molar-refractivity contribution in [2.45, 2.75) is 103 Å². The Kier molecular flexibility index (Phi) is 7.33. The summed E-state index contributed by atoms with van der Waals surface area (Å²) in [7, 11) is 0. The van der Waals surface area contributed by atoms with E-state index in [-0.39, 0.29) is 0 Å². The van der Waals surface area contributed by atoms with Crippen molar-refractivity contribution in [1.29, 1.82) is 0 Å². The lowest BCUT2D eigenvalue weighted by molar-refractivity contribution is 0.197. The Bertz CT molecular complexity index is 514. The van der Waals surface area contributed by atoms with Crippen LogP contribution >= 0.6 is 0 Å². The molecule has 0 aliphatic heterocycles. The first kappa shape index (κ1) is 19.5. The normalized spacial score (nSPS) is 24.6. The summed E-state index contributed by atoms with van der Waals surface area (Å²) in [6.07, 6.45) is 24.1. The maximum Gasteiger partial charge on any atom is -0.0184 e. The summed E-state index contributed by atoms with van der Waals surface area (Å²) in [5.41, 5.74) is 1.56. The molecule has 2 atom stereocenters. The van der Waals surface area contributed by atoms with Crippen molar-refractivity contribution in [2.75, 3.05) is 0 Å². The van der Waals surface area contributed by atoms with Crippen LogP contribution < -0.4 is 0 Å². The topological polar surface area (TPSA) is 0 Å². The second-order valence-corrected chi connectivity index (χ2v) is 10.2. The molecule has 3 saturated carbocycles. The van der Waals surface area contributed by atoms with E-state index in [4.69, 9.17) is 0 Å². The molecule has 27 heavy (non-hydrogen) atoms. The molecule has 0 nitrogen and oxygen atoms in total. The molecule has 0 heteroatoms. The largest absolute Gasteiger partial charge is 0.0584 e. The van der Waals surface area contributed by atoms with Gasteiger partial charge in [0.15, 0.2) is 0 Å². The van der Waals surface area contributed by atoms with Gasteiger partial charge in [0.2, 0.25) is 0 Å². The number of rotatable bonds is 9. The Morgan fingerprint density at radius 3 is 1.93 bits per heavy atom. The smallest absolute Gasteiger partial charge is 0.0184 e. The van der Waals surface area contributed by atoms with E-state index >= 15 is 0 Å². The average molecular weight is 366 g/mol. The quantitative estimate of drug-likeness (QED) is 0.416. The van der Waals surface area contributed by atoms with E-state index in [1.54, 1.807) is 18.4 Å². The maximum atomic E-state index is 3.21. The molecule has 3 aliphatic rings. The third-order valence-electron chi connectivity index (χ3n) is 8.44. The van der Waals surface area contributed by atoms with E-state index in [2.05, 4.69) is 30.3 Å². The summed E-state index contributed by atoms with van der Waals surface area (Å²) in [6.45, 7) is 0. The van der Waals surface area contributed by atoms with Crippen molar-refractivity contribution in [1.82, 2.24) is 0 Å². The van der Waals surface area contributed by atoms with E-state index in [9.17, 15) is 0 Å². The molecule has 4 rings (SSSR count). The van der Waals surface area contributed by atoms with Gasteiger partial charge in [0.05, 0.1) is 0 Å². The van der Waals surface area contributed by atoms with Crippen molar-refractivity contribution >= 4 is 0 Å². The molecule has 3 fully saturated rings. The summed E-state index contributed by atoms with van der Waals surface area (Å²) in [6, 6.07) is 12.1. The standard InChI is InChI=1S/C27H41/c1-2-12-23(13-3-1)20-27(25-16-8-9-17-25)21-26(24-14-6-7-15-24)19-18-22-10-4-5-11-22/h2-3,12-13,22,24-27H,4-11,14-21H2. The second-order valence-electron chi connectivity index (χ2n) is 10.2. The highest BCUT2D eigenvalue weighted by atomic mass is 14.4. The SMILES string of the molecule is [c]1ccc(CC(CC(CCC2CCCC2)C2CCCC2)C2CCCC2)cc1. The molecule has 0 saturated heterocycles. The predicted octanol–water partition coefficient (Wildman–Crippen LogP) is 8.00. The van der Waals surface area contributed by atoms with Gasteiger partial charge in [0.1, 0.15) is 0 Å². The van der Waals surface area contributed by atoms with Gasteiger partial charge in [-0.15, -0.1) is 0 Å². The highest BCUT2D eigenvalue weighted by molar-refractivity contribution is 5.14. The van der Waals surface area contributed by atoms with Crippen LogP contribution in [0.15, 0.2) is 24.3 Å². The molecule has 1 aromatic carbocycles. The Labute approximate surface area is 168 Å². The van der Waals surface area contributed by atoms with Crippen LogP contribution in [0, 0.1) is 35.7 Å². The van der Waals surface area contributed by atoms with Crippen LogP contribution in [-0.4, -0.2) is 0 Å². The number of hydrogen-bond donors (Lipinski definition) is 0. The second kappa shape index (κ2) is 10.1. The van der Waals surface area contributed by atoms with Gasteiger partial charge in [-0.25, -0.2) is 0 Å². The summed E-state index contributed by atoms with van der Waals surface area (Å²) >= 11 is 0. The zero-order chi connectivity index (χ0) is 18.3. The number of hydrogen-bond acceptors (Lipinski definition) is 0. The first-order valence-corrected chi connectivity index (χ1v) is 12.3. The Morgan fingerprint density at radius 1 is 0.741 bits per heavy atom. The minimum atomic E-state index is 0.934. The minimum Gasteiger partial charge on any atom is -0.0584 e. The third kappa shape index (κ3) is 5.61. The van der Waals surface area contributed by atoms with E-state index in [1.165, 1.54) is 89.9 Å². The molecule has 1 radical (unpaired) electrons. The van der Waals surface area contributed by atoms with Crippen LogP contribution in [-0.2, 0) is 6.42 Å². The van der Waals surface area contributed by atoms with Crippen molar-refractivity contribution in [3.63, 3.8) is 0 Å². The van der Waals surface area contributed by atoms with E-state index in [0.717, 1.165) is 29.6 Å². The molecule has 0 aromatic heterocycles. The molecular formula is C27H41. The zero-order valence-corrected chi connectivity index (χ0v) is 17.5. The summed E-state index contributed by atoms with van der Waals surface area (Å²) in [5, 5.41) is 0. The molecule has 0 amide bonds. The molecule has 1 aromatic rings. The maximum absolute atomic E-state index is 3.21. The van der Waals surface area contributed by atoms with Gasteiger partial charge in [-0.2, -0.15) is 0 Å². The molecule has 0 spiro atoms. The molecular weight excluding hydrogens is 324 g/mol. The Morgan fingerprint density at radius 2 is 1.30 bits per heavy atom. The van der Waals surface area contributed by atoms with Crippen molar-refractivity contribution < 1.29 is 0 Å². The molecule has 0 N–H and O–H groups in total. The Hall–Kier alpha value is -0.780. The van der Waals surface area contributed by atoms with Crippen LogP contribution in [0.5, 0.6) is 0 Å². The molecule has 0 bridgehead atoms. The molecule has 2 unspecified atom stereocenters. The van der Waals surface area contributed by atoms with Gasteiger partial charge in [-0.1, -0.05) is 108 Å². The first-order valence-electron chi connectivity index (χ1n) is 12.3. The van der Waals surface area contributed by atoms with Gasteiger partial charge in [-0.3, -0.25) is 0 Å². The first-order chi connectivity index (χ1) is 13.4.